The van der Waals surface area contributed by atoms with Crippen LogP contribution in [0.3, 0.4) is 0 Å². The predicted molar refractivity (Wildman–Crippen MR) is 80.7 cm³/mol. The molecule has 0 aliphatic heterocycles. The van der Waals surface area contributed by atoms with Crippen LogP contribution < -0.4 is 5.32 Å². The largest absolute Gasteiger partial charge is 0.313 e. The van der Waals surface area contributed by atoms with E-state index in [1.807, 2.05) is 0 Å². The smallest absolute Gasteiger partial charge is 0.0317 e. The molecule has 1 rings (SSSR count). The zero-order chi connectivity index (χ0) is 13.4. The first-order chi connectivity index (χ1) is 8.63. The van der Waals surface area contributed by atoms with Crippen LogP contribution >= 0.6 is 0 Å². The molecule has 0 bridgehead atoms. The minimum Gasteiger partial charge on any atom is -0.313 e. The third kappa shape index (κ3) is 5.68. The van der Waals surface area contributed by atoms with Crippen molar-refractivity contribution in [1.82, 2.24) is 5.32 Å². The van der Waals surface area contributed by atoms with Crippen LogP contribution in [-0.4, -0.2) is 7.05 Å². The number of nitrogens with one attached hydrogen (secondary N) is 1. The number of hydrogen-bond acceptors (Lipinski definition) is 1. The third-order valence-corrected chi connectivity index (χ3v) is 3.61. The van der Waals surface area contributed by atoms with Gasteiger partial charge in [0.15, 0.2) is 0 Å². The summed E-state index contributed by atoms with van der Waals surface area (Å²) in [6, 6.07) is 11.3. The van der Waals surface area contributed by atoms with Gasteiger partial charge in [-0.2, -0.15) is 0 Å². The zero-order valence-corrected chi connectivity index (χ0v) is 12.4. The molecule has 0 heterocycles. The summed E-state index contributed by atoms with van der Waals surface area (Å²) in [5.74, 6) is 1.69. The normalized spacial score (nSPS) is 14.7. The molecule has 102 valence electrons. The fourth-order valence-corrected chi connectivity index (χ4v) is 2.76. The molecule has 0 aliphatic carbocycles. The van der Waals surface area contributed by atoms with Gasteiger partial charge in [-0.3, -0.25) is 0 Å². The van der Waals surface area contributed by atoms with Gasteiger partial charge in [0.2, 0.25) is 0 Å². The molecule has 0 fully saturated rings. The van der Waals surface area contributed by atoms with Gasteiger partial charge in [-0.05, 0) is 37.3 Å². The molecule has 1 aromatic carbocycles. The second-order valence-corrected chi connectivity index (χ2v) is 5.92. The summed E-state index contributed by atoms with van der Waals surface area (Å²) < 4.78 is 0. The van der Waals surface area contributed by atoms with Crippen molar-refractivity contribution < 1.29 is 0 Å². The molecule has 0 aromatic heterocycles. The highest BCUT2D eigenvalue weighted by molar-refractivity contribution is 5.18. The number of benzene rings is 1. The highest BCUT2D eigenvalue weighted by Crippen LogP contribution is 2.22. The molecule has 1 aromatic rings. The number of hydrogen-bond donors (Lipinski definition) is 1. The van der Waals surface area contributed by atoms with Crippen molar-refractivity contribution >= 4 is 0 Å². The van der Waals surface area contributed by atoms with Crippen LogP contribution in [0.2, 0.25) is 0 Å². The van der Waals surface area contributed by atoms with Crippen LogP contribution in [0.5, 0.6) is 0 Å². The Morgan fingerprint density at radius 2 is 1.67 bits per heavy atom. The summed E-state index contributed by atoms with van der Waals surface area (Å²) in [5, 5.41) is 3.43. The van der Waals surface area contributed by atoms with Gasteiger partial charge in [-0.25, -0.2) is 0 Å². The molecule has 18 heavy (non-hydrogen) atoms. The molecule has 0 radical (unpaired) electrons. The van der Waals surface area contributed by atoms with E-state index in [1.54, 1.807) is 0 Å². The van der Waals surface area contributed by atoms with Crippen molar-refractivity contribution in [2.45, 2.75) is 52.5 Å². The first kappa shape index (κ1) is 15.2. The summed E-state index contributed by atoms with van der Waals surface area (Å²) in [5.41, 5.74) is 1.41. The SMILES string of the molecule is CNC(CCCC(C)CC(C)C)c1ccccc1. The molecule has 1 N–H and O–H groups in total. The maximum absolute atomic E-state index is 3.43. The van der Waals surface area contributed by atoms with Crippen molar-refractivity contribution in [1.29, 1.82) is 0 Å². The molecular weight excluding hydrogens is 218 g/mol. The van der Waals surface area contributed by atoms with Crippen molar-refractivity contribution in [3.8, 4) is 0 Å². The van der Waals surface area contributed by atoms with Gasteiger partial charge in [0.1, 0.15) is 0 Å². The van der Waals surface area contributed by atoms with E-state index in [0.29, 0.717) is 6.04 Å². The average molecular weight is 247 g/mol. The van der Waals surface area contributed by atoms with Gasteiger partial charge in [0.05, 0.1) is 0 Å². The number of rotatable bonds is 8. The predicted octanol–water partition coefficient (Wildman–Crippen LogP) is 4.80. The molecule has 2 unspecified atom stereocenters. The molecule has 2 atom stereocenters. The van der Waals surface area contributed by atoms with Crippen molar-refractivity contribution in [2.24, 2.45) is 11.8 Å². The molecule has 0 spiro atoms. The summed E-state index contributed by atoms with van der Waals surface area (Å²) in [6.45, 7) is 7.02. The Balaban J connectivity index is 2.32. The van der Waals surface area contributed by atoms with Crippen LogP contribution in [-0.2, 0) is 0 Å². The maximum atomic E-state index is 3.43. The Morgan fingerprint density at radius 3 is 2.22 bits per heavy atom. The Labute approximate surface area is 113 Å². The minimum absolute atomic E-state index is 0.512. The molecule has 1 heteroatoms. The van der Waals surface area contributed by atoms with E-state index in [9.17, 15) is 0 Å². The van der Waals surface area contributed by atoms with Crippen molar-refractivity contribution in [3.63, 3.8) is 0 Å². The minimum atomic E-state index is 0.512. The van der Waals surface area contributed by atoms with Crippen LogP contribution in [0.1, 0.15) is 58.1 Å². The fraction of sp³-hybridized carbons (Fsp3) is 0.647. The van der Waals surface area contributed by atoms with Crippen LogP contribution in [0.25, 0.3) is 0 Å². The summed E-state index contributed by atoms with van der Waals surface area (Å²) in [4.78, 5) is 0. The summed E-state index contributed by atoms with van der Waals surface area (Å²) >= 11 is 0. The van der Waals surface area contributed by atoms with E-state index >= 15 is 0 Å². The average Bonchev–Trinajstić information content (AvgIpc) is 2.35. The monoisotopic (exact) mass is 247 g/mol. The van der Waals surface area contributed by atoms with Gasteiger partial charge in [0, 0.05) is 6.04 Å². The van der Waals surface area contributed by atoms with Crippen molar-refractivity contribution in [3.05, 3.63) is 35.9 Å². The van der Waals surface area contributed by atoms with Gasteiger partial charge in [-0.1, -0.05) is 63.9 Å². The van der Waals surface area contributed by atoms with E-state index in [4.69, 9.17) is 0 Å². The van der Waals surface area contributed by atoms with Crippen LogP contribution in [0.15, 0.2) is 30.3 Å². The first-order valence-corrected chi connectivity index (χ1v) is 7.35. The van der Waals surface area contributed by atoms with Crippen molar-refractivity contribution in [2.75, 3.05) is 7.05 Å². The third-order valence-electron chi connectivity index (χ3n) is 3.61. The standard InChI is InChI=1S/C17H29N/c1-14(2)13-15(3)9-8-12-17(18-4)16-10-6-5-7-11-16/h5-7,10-11,14-15,17-18H,8-9,12-13H2,1-4H3. The molecule has 0 aliphatic rings. The fourth-order valence-electron chi connectivity index (χ4n) is 2.76. The highest BCUT2D eigenvalue weighted by Gasteiger charge is 2.10. The van der Waals surface area contributed by atoms with E-state index < -0.39 is 0 Å². The van der Waals surface area contributed by atoms with Gasteiger partial charge in [0.25, 0.3) is 0 Å². The Morgan fingerprint density at radius 1 is 1.00 bits per heavy atom. The quantitative estimate of drug-likeness (QED) is 0.696. The second-order valence-electron chi connectivity index (χ2n) is 5.92. The Bertz CT molecular complexity index is 305. The zero-order valence-electron chi connectivity index (χ0n) is 12.4. The van der Waals surface area contributed by atoms with Crippen LogP contribution in [0.4, 0.5) is 0 Å². The lowest BCUT2D eigenvalue weighted by atomic mass is 9.92. The van der Waals surface area contributed by atoms with Gasteiger partial charge < -0.3 is 5.32 Å². The van der Waals surface area contributed by atoms with Gasteiger partial charge >= 0.3 is 0 Å². The van der Waals surface area contributed by atoms with Gasteiger partial charge in [-0.15, -0.1) is 0 Å². The lowest BCUT2D eigenvalue weighted by Crippen LogP contribution is -2.16. The highest BCUT2D eigenvalue weighted by atomic mass is 14.9. The first-order valence-electron chi connectivity index (χ1n) is 7.35. The molecule has 1 nitrogen and oxygen atoms in total. The van der Waals surface area contributed by atoms with E-state index in [-0.39, 0.29) is 0 Å². The lowest BCUT2D eigenvalue weighted by Gasteiger charge is -2.18. The van der Waals surface area contributed by atoms with E-state index in [2.05, 4.69) is 63.5 Å². The Hall–Kier alpha value is -0.820. The van der Waals surface area contributed by atoms with E-state index in [1.165, 1.54) is 31.2 Å². The molecule has 0 saturated heterocycles. The molecular formula is C17H29N. The van der Waals surface area contributed by atoms with Crippen LogP contribution in [0, 0.1) is 11.8 Å². The maximum Gasteiger partial charge on any atom is 0.0317 e. The molecule has 0 amide bonds. The summed E-state index contributed by atoms with van der Waals surface area (Å²) in [7, 11) is 2.06. The van der Waals surface area contributed by atoms with E-state index in [0.717, 1.165) is 11.8 Å². The second kappa shape index (κ2) is 8.31. The summed E-state index contributed by atoms with van der Waals surface area (Å²) in [6.07, 6.45) is 5.26. The molecule has 0 saturated carbocycles. The lowest BCUT2D eigenvalue weighted by molar-refractivity contribution is 0.387. The Kier molecular flexibility index (Phi) is 7.04. The topological polar surface area (TPSA) is 12.0 Å².